The molecule has 28 heavy (non-hydrogen) atoms. The van der Waals surface area contributed by atoms with Gasteiger partial charge in [0.25, 0.3) is 6.29 Å². The van der Waals surface area contributed by atoms with Gasteiger partial charge < -0.3 is 14.2 Å². The number of halogens is 1. The first kappa shape index (κ1) is 18.3. The Hall–Kier alpha value is -3.07. The standard InChI is InChI=1S/C19H16FNO7/c1-9(22)26-18(27-10(2)23)19-8-7-13(28-19)14-15(19)17(25)21(16(14)24)12-5-3-11(20)4-6-12/h3-8,13-15,18H,1-2H3/t13-,14+,15+,19+/m1/s1. The van der Waals surface area contributed by atoms with Crippen molar-refractivity contribution in [3.8, 4) is 0 Å². The van der Waals surface area contributed by atoms with Crippen LogP contribution in [0.15, 0.2) is 36.4 Å². The third kappa shape index (κ3) is 2.54. The maximum Gasteiger partial charge on any atom is 0.305 e. The van der Waals surface area contributed by atoms with Crippen molar-refractivity contribution in [2.75, 3.05) is 4.90 Å². The van der Waals surface area contributed by atoms with Gasteiger partial charge in [-0.3, -0.25) is 19.2 Å². The minimum atomic E-state index is -1.60. The van der Waals surface area contributed by atoms with Crippen LogP contribution in [0.1, 0.15) is 13.8 Å². The number of fused-ring (bicyclic) bond motifs is 5. The van der Waals surface area contributed by atoms with Crippen LogP contribution in [0.4, 0.5) is 10.1 Å². The number of ether oxygens (including phenoxy) is 3. The van der Waals surface area contributed by atoms with E-state index in [-0.39, 0.29) is 5.69 Å². The zero-order valence-corrected chi connectivity index (χ0v) is 15.0. The van der Waals surface area contributed by atoms with E-state index < -0.39 is 59.4 Å². The average Bonchev–Trinajstić information content (AvgIpc) is 3.26. The van der Waals surface area contributed by atoms with E-state index in [0.29, 0.717) is 0 Å². The highest BCUT2D eigenvalue weighted by molar-refractivity contribution is 6.23. The number of anilines is 1. The Labute approximate surface area is 158 Å². The fraction of sp³-hybridized carbons (Fsp3) is 0.368. The monoisotopic (exact) mass is 389 g/mol. The summed E-state index contributed by atoms with van der Waals surface area (Å²) in [5.41, 5.74) is -1.38. The highest BCUT2D eigenvalue weighted by atomic mass is 19.1. The molecule has 4 rings (SSSR count). The Balaban J connectivity index is 1.74. The van der Waals surface area contributed by atoms with Crippen molar-refractivity contribution >= 4 is 29.4 Å². The molecule has 9 heteroatoms. The van der Waals surface area contributed by atoms with Gasteiger partial charge >= 0.3 is 11.9 Å². The smallest absolute Gasteiger partial charge is 0.305 e. The molecule has 0 unspecified atom stereocenters. The Morgan fingerprint density at radius 3 is 2.29 bits per heavy atom. The average molecular weight is 389 g/mol. The SMILES string of the molecule is CC(=O)OC(OC(C)=O)[C@@]12C=C[C@@H](O1)[C@@H]1C(=O)N(c3ccc(F)cc3)C(=O)[C@H]12. The second kappa shape index (κ2) is 6.23. The topological polar surface area (TPSA) is 99.2 Å². The zero-order valence-electron chi connectivity index (χ0n) is 15.0. The van der Waals surface area contributed by atoms with Crippen LogP contribution in [0.25, 0.3) is 0 Å². The molecule has 3 aliphatic heterocycles. The van der Waals surface area contributed by atoms with Gasteiger partial charge in [-0.15, -0.1) is 0 Å². The number of carbonyl (C=O) groups is 4. The lowest BCUT2D eigenvalue weighted by Crippen LogP contribution is -2.52. The largest absolute Gasteiger partial charge is 0.422 e. The molecule has 0 N–H and O–H groups in total. The van der Waals surface area contributed by atoms with Crippen LogP contribution in [0.2, 0.25) is 0 Å². The normalized spacial score (nSPS) is 30.1. The number of amides is 2. The van der Waals surface area contributed by atoms with Crippen molar-refractivity contribution in [1.82, 2.24) is 0 Å². The highest BCUT2D eigenvalue weighted by Crippen LogP contribution is 2.54. The summed E-state index contributed by atoms with van der Waals surface area (Å²) in [5, 5.41) is 0. The lowest BCUT2D eigenvalue weighted by Gasteiger charge is -2.34. The molecule has 2 saturated heterocycles. The minimum absolute atomic E-state index is 0.219. The lowest BCUT2D eigenvalue weighted by atomic mass is 9.76. The van der Waals surface area contributed by atoms with Gasteiger partial charge in [-0.1, -0.05) is 6.08 Å². The van der Waals surface area contributed by atoms with Crippen LogP contribution >= 0.6 is 0 Å². The summed E-state index contributed by atoms with van der Waals surface area (Å²) in [6.45, 7) is 2.25. The van der Waals surface area contributed by atoms with Crippen LogP contribution in [0.5, 0.6) is 0 Å². The molecule has 8 nitrogen and oxygen atoms in total. The van der Waals surface area contributed by atoms with E-state index in [0.717, 1.165) is 30.9 Å². The van der Waals surface area contributed by atoms with Gasteiger partial charge in [0.1, 0.15) is 5.82 Å². The number of rotatable bonds is 4. The maximum atomic E-state index is 13.2. The van der Waals surface area contributed by atoms with Gasteiger partial charge in [-0.2, -0.15) is 0 Å². The third-order valence-corrected chi connectivity index (χ3v) is 5.08. The summed E-state index contributed by atoms with van der Waals surface area (Å²) in [4.78, 5) is 50.2. The number of carbonyl (C=O) groups excluding carboxylic acids is 4. The fourth-order valence-electron chi connectivity index (χ4n) is 4.06. The quantitative estimate of drug-likeness (QED) is 0.329. The van der Waals surface area contributed by atoms with Crippen molar-refractivity contribution in [2.24, 2.45) is 11.8 Å². The first-order valence-electron chi connectivity index (χ1n) is 8.59. The number of hydrogen-bond donors (Lipinski definition) is 0. The predicted molar refractivity (Wildman–Crippen MR) is 89.9 cm³/mol. The fourth-order valence-corrected chi connectivity index (χ4v) is 4.06. The molecule has 3 aliphatic rings. The van der Waals surface area contributed by atoms with Crippen molar-refractivity contribution in [3.63, 3.8) is 0 Å². The summed E-state index contributed by atoms with van der Waals surface area (Å²) in [7, 11) is 0. The van der Waals surface area contributed by atoms with E-state index in [9.17, 15) is 23.6 Å². The molecule has 0 spiro atoms. The first-order valence-corrected chi connectivity index (χ1v) is 8.59. The van der Waals surface area contributed by atoms with E-state index in [2.05, 4.69) is 0 Å². The number of benzene rings is 1. The van der Waals surface area contributed by atoms with E-state index >= 15 is 0 Å². The van der Waals surface area contributed by atoms with Crippen molar-refractivity contribution in [2.45, 2.75) is 31.8 Å². The van der Waals surface area contributed by atoms with Gasteiger partial charge in [0, 0.05) is 13.8 Å². The summed E-state index contributed by atoms with van der Waals surface area (Å²) < 4.78 is 29.3. The predicted octanol–water partition coefficient (Wildman–Crippen LogP) is 1.09. The molecule has 0 aliphatic carbocycles. The molecular weight excluding hydrogens is 373 g/mol. The Morgan fingerprint density at radius 1 is 1.11 bits per heavy atom. The van der Waals surface area contributed by atoms with Crippen molar-refractivity contribution in [3.05, 3.63) is 42.2 Å². The molecule has 1 aromatic carbocycles. The van der Waals surface area contributed by atoms with Crippen molar-refractivity contribution < 1.29 is 37.8 Å². The van der Waals surface area contributed by atoms with Crippen LogP contribution < -0.4 is 4.90 Å². The molecule has 2 bridgehead atoms. The Kier molecular flexibility index (Phi) is 4.07. The van der Waals surface area contributed by atoms with Crippen molar-refractivity contribution in [1.29, 1.82) is 0 Å². The Bertz CT molecular complexity index is 895. The molecule has 0 radical (unpaired) electrons. The van der Waals surface area contributed by atoms with Gasteiger partial charge in [0.05, 0.1) is 23.6 Å². The van der Waals surface area contributed by atoms with Gasteiger partial charge in [0.15, 0.2) is 5.60 Å². The van der Waals surface area contributed by atoms with Gasteiger partial charge in [0.2, 0.25) is 11.8 Å². The van der Waals surface area contributed by atoms with Crippen LogP contribution in [-0.2, 0) is 33.4 Å². The van der Waals surface area contributed by atoms with E-state index in [1.807, 2.05) is 0 Å². The maximum absolute atomic E-state index is 13.2. The lowest BCUT2D eigenvalue weighted by molar-refractivity contribution is -0.226. The van der Waals surface area contributed by atoms with E-state index in [4.69, 9.17) is 14.2 Å². The molecule has 0 aromatic heterocycles. The molecule has 2 fully saturated rings. The molecule has 2 amide bonds. The number of nitrogens with zero attached hydrogens (tertiary/aromatic N) is 1. The number of imide groups is 1. The number of esters is 2. The van der Waals surface area contributed by atoms with Crippen LogP contribution in [0, 0.1) is 17.7 Å². The zero-order chi connectivity index (χ0) is 20.2. The Morgan fingerprint density at radius 2 is 1.71 bits per heavy atom. The summed E-state index contributed by atoms with van der Waals surface area (Å²) in [6, 6.07) is 4.93. The second-order valence-electron chi connectivity index (χ2n) is 6.84. The third-order valence-electron chi connectivity index (χ3n) is 5.08. The first-order chi connectivity index (χ1) is 13.2. The molecular formula is C19H16FNO7. The van der Waals surface area contributed by atoms with E-state index in [1.54, 1.807) is 6.08 Å². The van der Waals surface area contributed by atoms with E-state index in [1.165, 1.54) is 18.2 Å². The second-order valence-corrected chi connectivity index (χ2v) is 6.84. The van der Waals surface area contributed by atoms with Crippen LogP contribution in [-0.4, -0.2) is 41.7 Å². The minimum Gasteiger partial charge on any atom is -0.422 e. The van der Waals surface area contributed by atoms with Gasteiger partial charge in [-0.25, -0.2) is 9.29 Å². The van der Waals surface area contributed by atoms with Crippen LogP contribution in [0.3, 0.4) is 0 Å². The molecule has 146 valence electrons. The van der Waals surface area contributed by atoms with Gasteiger partial charge in [-0.05, 0) is 30.3 Å². The summed E-state index contributed by atoms with van der Waals surface area (Å²) >= 11 is 0. The summed E-state index contributed by atoms with van der Waals surface area (Å²) in [5.74, 6) is -5.01. The summed E-state index contributed by atoms with van der Waals surface area (Å²) in [6.07, 6.45) is 0.819. The molecule has 0 saturated carbocycles. The highest BCUT2D eigenvalue weighted by Gasteiger charge is 2.72. The molecule has 3 heterocycles. The number of hydrogen-bond acceptors (Lipinski definition) is 7. The molecule has 4 atom stereocenters. The molecule has 1 aromatic rings.